The Kier molecular flexibility index (Phi) is 6.95. The highest BCUT2D eigenvalue weighted by Crippen LogP contribution is 2.28. The van der Waals surface area contributed by atoms with Gasteiger partial charge in [0.2, 0.25) is 0 Å². The summed E-state index contributed by atoms with van der Waals surface area (Å²) in [5, 5.41) is 16.9. The molecule has 0 spiro atoms. The van der Waals surface area contributed by atoms with E-state index in [1.54, 1.807) is 18.3 Å². The fourth-order valence-corrected chi connectivity index (χ4v) is 4.85. The molecule has 5 heterocycles. The molecule has 0 aliphatic carbocycles. The SMILES string of the molecule is Cn1ncc(-c2ccc3nnc(NC(=O)c4ccnc(N5CCOCC5)c4)cc3c2)c1CN1CCOCC1. The van der Waals surface area contributed by atoms with Gasteiger partial charge in [0.15, 0.2) is 5.82 Å². The van der Waals surface area contributed by atoms with Crippen molar-refractivity contribution in [3.63, 3.8) is 0 Å². The number of ether oxygens (including phenoxy) is 2. The third-order valence-electron chi connectivity index (χ3n) is 7.02. The van der Waals surface area contributed by atoms with Gasteiger partial charge in [0, 0.05) is 62.5 Å². The predicted octanol–water partition coefficient (Wildman–Crippen LogP) is 2.35. The van der Waals surface area contributed by atoms with Crippen LogP contribution in [0.5, 0.6) is 0 Å². The zero-order valence-electron chi connectivity index (χ0n) is 21.3. The first-order valence-corrected chi connectivity index (χ1v) is 12.8. The third kappa shape index (κ3) is 5.21. The molecule has 3 aromatic heterocycles. The Morgan fingerprint density at radius 2 is 1.76 bits per heavy atom. The maximum atomic E-state index is 13.0. The molecule has 0 unspecified atom stereocenters. The van der Waals surface area contributed by atoms with E-state index < -0.39 is 0 Å². The first-order valence-electron chi connectivity index (χ1n) is 12.8. The molecule has 2 saturated heterocycles. The van der Waals surface area contributed by atoms with Crippen LogP contribution in [0.15, 0.2) is 48.8 Å². The minimum Gasteiger partial charge on any atom is -0.379 e. The normalized spacial score (nSPS) is 16.6. The highest BCUT2D eigenvalue weighted by atomic mass is 16.5. The lowest BCUT2D eigenvalue weighted by Crippen LogP contribution is -2.36. The number of aromatic nitrogens is 5. The number of nitrogens with one attached hydrogen (secondary N) is 1. The summed E-state index contributed by atoms with van der Waals surface area (Å²) in [6, 6.07) is 11.4. The van der Waals surface area contributed by atoms with E-state index in [-0.39, 0.29) is 5.91 Å². The highest BCUT2D eigenvalue weighted by molar-refractivity contribution is 6.04. The van der Waals surface area contributed by atoms with Crippen LogP contribution in [0.4, 0.5) is 11.6 Å². The van der Waals surface area contributed by atoms with E-state index in [4.69, 9.17) is 9.47 Å². The summed E-state index contributed by atoms with van der Waals surface area (Å²) in [5.41, 5.74) is 4.54. The van der Waals surface area contributed by atoms with Crippen LogP contribution in [-0.2, 0) is 23.1 Å². The Morgan fingerprint density at radius 3 is 2.58 bits per heavy atom. The third-order valence-corrected chi connectivity index (χ3v) is 7.02. The van der Waals surface area contributed by atoms with Gasteiger partial charge in [-0.15, -0.1) is 10.2 Å². The smallest absolute Gasteiger partial charge is 0.257 e. The maximum absolute atomic E-state index is 13.0. The summed E-state index contributed by atoms with van der Waals surface area (Å²) >= 11 is 0. The lowest BCUT2D eigenvalue weighted by atomic mass is 10.0. The van der Waals surface area contributed by atoms with Gasteiger partial charge >= 0.3 is 0 Å². The predicted molar refractivity (Wildman–Crippen MR) is 143 cm³/mol. The van der Waals surface area contributed by atoms with Gasteiger partial charge in [-0.2, -0.15) is 5.10 Å². The summed E-state index contributed by atoms with van der Waals surface area (Å²) < 4.78 is 12.8. The van der Waals surface area contributed by atoms with Gasteiger partial charge in [-0.3, -0.25) is 14.4 Å². The van der Waals surface area contributed by atoms with E-state index in [1.165, 1.54) is 0 Å². The number of carbonyl (C=O) groups is 1. The highest BCUT2D eigenvalue weighted by Gasteiger charge is 2.18. The van der Waals surface area contributed by atoms with Crippen LogP contribution < -0.4 is 10.2 Å². The van der Waals surface area contributed by atoms with Crippen LogP contribution in [0, 0.1) is 0 Å². The molecule has 38 heavy (non-hydrogen) atoms. The van der Waals surface area contributed by atoms with Crippen LogP contribution in [-0.4, -0.2) is 88.4 Å². The number of amides is 1. The van der Waals surface area contributed by atoms with Crippen molar-refractivity contribution in [3.8, 4) is 11.1 Å². The quantitative estimate of drug-likeness (QED) is 0.415. The van der Waals surface area contributed by atoms with Gasteiger partial charge in [0.1, 0.15) is 5.82 Å². The van der Waals surface area contributed by atoms with Crippen LogP contribution in [0.2, 0.25) is 0 Å². The molecule has 11 heteroatoms. The molecule has 2 aliphatic heterocycles. The number of benzene rings is 1. The van der Waals surface area contributed by atoms with Crippen molar-refractivity contribution in [1.29, 1.82) is 0 Å². The molecule has 0 atom stereocenters. The lowest BCUT2D eigenvalue weighted by Gasteiger charge is -2.27. The number of fused-ring (bicyclic) bond motifs is 1. The van der Waals surface area contributed by atoms with Crippen molar-refractivity contribution in [2.24, 2.45) is 7.05 Å². The minimum atomic E-state index is -0.258. The zero-order chi connectivity index (χ0) is 25.9. The molecule has 1 amide bonds. The van der Waals surface area contributed by atoms with E-state index >= 15 is 0 Å². The largest absolute Gasteiger partial charge is 0.379 e. The summed E-state index contributed by atoms with van der Waals surface area (Å²) in [6.07, 6.45) is 3.56. The Labute approximate surface area is 220 Å². The topological polar surface area (TPSA) is 111 Å². The van der Waals surface area contributed by atoms with Crippen molar-refractivity contribution in [3.05, 3.63) is 60.0 Å². The van der Waals surface area contributed by atoms with Gasteiger partial charge in [-0.05, 0) is 35.9 Å². The number of morpholine rings is 2. The molecule has 0 radical (unpaired) electrons. The first-order chi connectivity index (χ1) is 18.6. The molecule has 6 rings (SSSR count). The molecule has 2 aliphatic rings. The van der Waals surface area contributed by atoms with E-state index in [0.717, 1.165) is 79.5 Å². The van der Waals surface area contributed by atoms with Gasteiger partial charge in [0.25, 0.3) is 5.91 Å². The number of hydrogen-bond donors (Lipinski definition) is 1. The number of pyridine rings is 1. The van der Waals surface area contributed by atoms with E-state index in [9.17, 15) is 4.79 Å². The number of nitrogens with zero attached hydrogens (tertiary/aromatic N) is 7. The average Bonchev–Trinajstić information content (AvgIpc) is 3.33. The number of rotatable bonds is 6. The second-order valence-corrected chi connectivity index (χ2v) is 9.48. The summed E-state index contributed by atoms with van der Waals surface area (Å²) in [7, 11) is 1.98. The molecule has 0 saturated carbocycles. The van der Waals surface area contributed by atoms with Crippen molar-refractivity contribution >= 4 is 28.4 Å². The molecular weight excluding hydrogens is 484 g/mol. The minimum absolute atomic E-state index is 0.258. The fraction of sp³-hybridized carbons (Fsp3) is 0.370. The van der Waals surface area contributed by atoms with Crippen molar-refractivity contribution in [2.75, 3.05) is 62.8 Å². The zero-order valence-corrected chi connectivity index (χ0v) is 21.3. The lowest BCUT2D eigenvalue weighted by molar-refractivity contribution is 0.0332. The number of anilines is 2. The van der Waals surface area contributed by atoms with E-state index in [1.807, 2.05) is 36.1 Å². The fourth-order valence-electron chi connectivity index (χ4n) is 4.85. The van der Waals surface area contributed by atoms with Crippen molar-refractivity contribution in [2.45, 2.75) is 6.54 Å². The molecule has 1 N–H and O–H groups in total. The molecule has 1 aromatic carbocycles. The summed E-state index contributed by atoms with van der Waals surface area (Å²) in [4.78, 5) is 22.0. The Morgan fingerprint density at radius 1 is 0.974 bits per heavy atom. The second kappa shape index (κ2) is 10.8. The first kappa shape index (κ1) is 24.4. The van der Waals surface area contributed by atoms with E-state index in [2.05, 4.69) is 41.5 Å². The van der Waals surface area contributed by atoms with Crippen molar-refractivity contribution in [1.82, 2.24) is 29.9 Å². The Bertz CT molecular complexity index is 1440. The molecule has 11 nitrogen and oxygen atoms in total. The second-order valence-electron chi connectivity index (χ2n) is 9.48. The number of aryl methyl sites for hydroxylation is 1. The maximum Gasteiger partial charge on any atom is 0.257 e. The monoisotopic (exact) mass is 514 g/mol. The summed E-state index contributed by atoms with van der Waals surface area (Å²) in [5.74, 6) is 0.899. The van der Waals surface area contributed by atoms with Crippen LogP contribution >= 0.6 is 0 Å². The molecule has 4 aromatic rings. The van der Waals surface area contributed by atoms with E-state index in [0.29, 0.717) is 24.6 Å². The number of hydrogen-bond acceptors (Lipinski definition) is 9. The van der Waals surface area contributed by atoms with Gasteiger partial charge in [0.05, 0.1) is 43.8 Å². The van der Waals surface area contributed by atoms with Gasteiger partial charge in [-0.25, -0.2) is 4.98 Å². The van der Waals surface area contributed by atoms with Crippen LogP contribution in [0.3, 0.4) is 0 Å². The number of carbonyl (C=O) groups excluding carboxylic acids is 1. The van der Waals surface area contributed by atoms with Gasteiger partial charge < -0.3 is 19.7 Å². The molecule has 0 bridgehead atoms. The van der Waals surface area contributed by atoms with Crippen LogP contribution in [0.1, 0.15) is 16.1 Å². The molecule has 196 valence electrons. The van der Waals surface area contributed by atoms with Crippen LogP contribution in [0.25, 0.3) is 22.0 Å². The van der Waals surface area contributed by atoms with Crippen molar-refractivity contribution < 1.29 is 14.3 Å². The summed E-state index contributed by atoms with van der Waals surface area (Å²) in [6.45, 7) is 6.94. The molecule has 2 fully saturated rings. The molecular formula is C27H30N8O3. The standard InChI is InChI=1S/C27H30N8O3/c1-33-24(18-34-6-10-37-11-7-34)22(17-29-33)19-2-3-23-21(14-19)15-25(32-31-23)30-27(36)20-4-5-28-26(16-20)35-8-12-38-13-9-35/h2-5,14-17H,6-13,18H2,1H3,(H,30,32,36). The Balaban J connectivity index is 1.22. The average molecular weight is 515 g/mol. The Hall–Kier alpha value is -3.93. The van der Waals surface area contributed by atoms with Gasteiger partial charge in [-0.1, -0.05) is 6.07 Å².